The van der Waals surface area contributed by atoms with Crippen LogP contribution >= 0.6 is 0 Å². The van der Waals surface area contributed by atoms with Crippen molar-refractivity contribution in [2.45, 2.75) is 132 Å². The Morgan fingerprint density at radius 3 is 1.89 bits per heavy atom. The first-order chi connectivity index (χ1) is 17.5. The first kappa shape index (κ1) is 30.1. The van der Waals surface area contributed by atoms with Crippen molar-refractivity contribution >= 4 is 18.3 Å². The fraction of sp³-hybridized carbons (Fsp3) is 0.778. The van der Waals surface area contributed by atoms with Gasteiger partial charge in [-0.3, -0.25) is 0 Å². The van der Waals surface area contributed by atoms with Gasteiger partial charge in [-0.05, 0) is 49.5 Å². The highest BCUT2D eigenvalue weighted by Gasteiger charge is 2.72. The van der Waals surface area contributed by atoms with Crippen LogP contribution in [0.1, 0.15) is 61.0 Å². The van der Waals surface area contributed by atoms with Crippen molar-refractivity contribution < 1.29 is 36.9 Å². The number of fused-ring (bicyclic) bond motifs is 5. The number of nitrogens with one attached hydrogen (secondary N) is 1. The van der Waals surface area contributed by atoms with Gasteiger partial charge in [-0.2, -0.15) is 4.72 Å². The van der Waals surface area contributed by atoms with Gasteiger partial charge in [-0.15, -0.1) is 0 Å². The Morgan fingerprint density at radius 1 is 0.921 bits per heavy atom. The molecule has 0 aromatic heterocycles. The molecule has 2 bridgehead atoms. The van der Waals surface area contributed by atoms with Crippen LogP contribution < -0.4 is 4.72 Å². The third kappa shape index (κ3) is 4.71. The van der Waals surface area contributed by atoms with Gasteiger partial charge >= 0.3 is 0 Å². The van der Waals surface area contributed by atoms with E-state index >= 15 is 0 Å². The van der Waals surface area contributed by atoms with E-state index in [1.165, 1.54) is 7.11 Å². The molecule has 0 radical (unpaired) electrons. The molecule has 11 heteroatoms. The monoisotopic (exact) mass is 571 g/mol. The molecule has 1 aromatic carbocycles. The second-order valence-electron chi connectivity index (χ2n) is 12.3. The molecule has 0 unspecified atom stereocenters. The summed E-state index contributed by atoms with van der Waals surface area (Å²) in [5.74, 6) is -2.63. The van der Waals surface area contributed by atoms with Crippen molar-refractivity contribution in [1.29, 1.82) is 0 Å². The number of hydrogen-bond donors (Lipinski definition) is 2. The molecular formula is C27H45NO8SSi. The summed E-state index contributed by atoms with van der Waals surface area (Å²) < 4.78 is 62.3. The van der Waals surface area contributed by atoms with Gasteiger partial charge in [0.25, 0.3) is 0 Å². The topological polar surface area (TPSA) is 113 Å². The molecule has 9 nitrogen and oxygen atoms in total. The zero-order valence-electron chi connectivity index (χ0n) is 24.2. The van der Waals surface area contributed by atoms with Crippen molar-refractivity contribution in [2.75, 3.05) is 7.11 Å². The number of ether oxygens (including phenoxy) is 4. The zero-order valence-corrected chi connectivity index (χ0v) is 26.0. The highest BCUT2D eigenvalue weighted by molar-refractivity contribution is 7.89. The number of rotatable bonds is 9. The lowest BCUT2D eigenvalue weighted by atomic mass is 9.93. The van der Waals surface area contributed by atoms with Crippen LogP contribution in [0.4, 0.5) is 0 Å². The molecule has 0 spiro atoms. The Balaban J connectivity index is 1.87. The van der Waals surface area contributed by atoms with E-state index in [9.17, 15) is 13.5 Å². The highest BCUT2D eigenvalue weighted by atomic mass is 32.2. The van der Waals surface area contributed by atoms with E-state index < -0.39 is 66.5 Å². The lowest BCUT2D eigenvalue weighted by Crippen LogP contribution is -2.75. The molecule has 7 atom stereocenters. The minimum absolute atomic E-state index is 0.100. The summed E-state index contributed by atoms with van der Waals surface area (Å²) in [6, 6.07) is 5.49. The van der Waals surface area contributed by atoms with Gasteiger partial charge in [-0.25, -0.2) is 8.42 Å². The van der Waals surface area contributed by atoms with Crippen LogP contribution in [-0.2, 0) is 33.4 Å². The third-order valence-corrected chi connectivity index (χ3v) is 16.1. The molecule has 3 saturated heterocycles. The SMILES string of the molecule is CO[C@]1(O[Si](C(C)C)(C(C)C)C(C)C)[C@H](O)[C@@H]2O[C@@H]([C@H]3OC(C)(C)O[C@H]32)[C@@H]1NS(=O)(=O)c1ccc(C)cc1. The van der Waals surface area contributed by atoms with Crippen molar-refractivity contribution in [1.82, 2.24) is 4.72 Å². The fourth-order valence-corrected chi connectivity index (χ4v) is 13.8. The Kier molecular flexibility index (Phi) is 8.06. The second-order valence-corrected chi connectivity index (χ2v) is 19.4. The van der Waals surface area contributed by atoms with Gasteiger partial charge in [0, 0.05) is 7.11 Å². The number of sulfonamides is 1. The quantitative estimate of drug-likeness (QED) is 0.340. The van der Waals surface area contributed by atoms with Crippen molar-refractivity contribution in [3.8, 4) is 0 Å². The van der Waals surface area contributed by atoms with Crippen molar-refractivity contribution in [3.05, 3.63) is 29.8 Å². The lowest BCUT2D eigenvalue weighted by Gasteiger charge is -2.55. The predicted octanol–water partition coefficient (Wildman–Crippen LogP) is 3.84. The predicted molar refractivity (Wildman–Crippen MR) is 146 cm³/mol. The molecule has 3 fully saturated rings. The average molecular weight is 572 g/mol. The minimum Gasteiger partial charge on any atom is -0.386 e. The van der Waals surface area contributed by atoms with Crippen LogP contribution in [0.3, 0.4) is 0 Å². The summed E-state index contributed by atoms with van der Waals surface area (Å²) in [5, 5.41) is 12.0. The molecule has 0 saturated carbocycles. The van der Waals surface area contributed by atoms with E-state index in [1.807, 2.05) is 6.92 Å². The highest BCUT2D eigenvalue weighted by Crippen LogP contribution is 2.53. The van der Waals surface area contributed by atoms with Gasteiger partial charge in [-0.1, -0.05) is 59.2 Å². The minimum atomic E-state index is -4.06. The number of aliphatic hydroxyl groups is 1. The van der Waals surface area contributed by atoms with Crippen molar-refractivity contribution in [3.63, 3.8) is 0 Å². The average Bonchev–Trinajstić information content (AvgIpc) is 3.29. The summed E-state index contributed by atoms with van der Waals surface area (Å²) >= 11 is 0. The molecule has 3 aliphatic heterocycles. The van der Waals surface area contributed by atoms with Gasteiger partial charge in [0.1, 0.15) is 36.6 Å². The Labute approximate surface area is 228 Å². The molecule has 3 heterocycles. The maximum absolute atomic E-state index is 13.8. The summed E-state index contributed by atoms with van der Waals surface area (Å²) in [6.45, 7) is 18.3. The maximum Gasteiger partial charge on any atom is 0.241 e. The standard InChI is InChI=1S/C27H45NO8SSi/c1-15(2)38(16(3)4,17(5)6)36-27(32-10)24(28-37(30,31)19-13-11-18(7)12-14-19)22-20-21(23(33-22)25(27)29)35-26(8,9)34-20/h11-17,20-25,28-29H,1-10H3/t20-,21+,22-,23+,24-,25+,27+/m0/s1. The first-order valence-corrected chi connectivity index (χ1v) is 17.2. The third-order valence-electron chi connectivity index (χ3n) is 8.59. The number of methoxy groups -OCH3 is 1. The summed E-state index contributed by atoms with van der Waals surface area (Å²) in [5.41, 5.74) is 1.41. The summed E-state index contributed by atoms with van der Waals surface area (Å²) in [4.78, 5) is 0.100. The van der Waals surface area contributed by atoms with Crippen molar-refractivity contribution in [2.24, 2.45) is 0 Å². The molecule has 2 N–H and O–H groups in total. The maximum atomic E-state index is 13.8. The largest absolute Gasteiger partial charge is 0.386 e. The molecule has 4 rings (SSSR count). The summed E-state index contributed by atoms with van der Waals surface area (Å²) in [6.07, 6.45) is -4.20. The Bertz CT molecular complexity index is 1090. The van der Waals surface area contributed by atoms with E-state index in [0.717, 1.165) is 5.56 Å². The molecule has 1 aromatic rings. The Morgan fingerprint density at radius 2 is 1.42 bits per heavy atom. The van der Waals surface area contributed by atoms with E-state index in [4.69, 9.17) is 23.4 Å². The van der Waals surface area contributed by atoms with Crippen LogP contribution in [0.15, 0.2) is 29.2 Å². The number of hydrogen-bond acceptors (Lipinski definition) is 8. The second kappa shape index (κ2) is 10.2. The van der Waals surface area contributed by atoms with Gasteiger partial charge in [0.05, 0.1) is 4.90 Å². The fourth-order valence-electron chi connectivity index (χ4n) is 6.97. The lowest BCUT2D eigenvalue weighted by molar-refractivity contribution is -0.322. The number of aliphatic hydroxyl groups excluding tert-OH is 1. The molecule has 0 amide bonds. The van der Waals surface area contributed by atoms with Crippen LogP contribution in [0.2, 0.25) is 16.6 Å². The van der Waals surface area contributed by atoms with Crippen LogP contribution in [0.5, 0.6) is 0 Å². The molecule has 0 aliphatic carbocycles. The van der Waals surface area contributed by atoms with E-state index in [1.54, 1.807) is 38.1 Å². The van der Waals surface area contributed by atoms with Crippen LogP contribution in [0.25, 0.3) is 0 Å². The smallest absolute Gasteiger partial charge is 0.241 e. The summed E-state index contributed by atoms with van der Waals surface area (Å²) in [7, 11) is -5.31. The normalized spacial score (nSPS) is 34.9. The zero-order chi connectivity index (χ0) is 28.4. The van der Waals surface area contributed by atoms with Gasteiger partial charge in [0.15, 0.2) is 5.79 Å². The van der Waals surface area contributed by atoms with Crippen LogP contribution in [0, 0.1) is 6.92 Å². The molecule has 38 heavy (non-hydrogen) atoms. The number of benzene rings is 1. The van der Waals surface area contributed by atoms with E-state index in [-0.39, 0.29) is 21.5 Å². The van der Waals surface area contributed by atoms with Gasteiger partial charge in [0.2, 0.25) is 24.1 Å². The van der Waals surface area contributed by atoms with Crippen LogP contribution in [-0.4, -0.2) is 77.1 Å². The van der Waals surface area contributed by atoms with Gasteiger partial charge < -0.3 is 28.5 Å². The Hall–Kier alpha value is -0.893. The molecule has 216 valence electrons. The molecular weight excluding hydrogens is 526 g/mol. The van der Waals surface area contributed by atoms with E-state index in [0.29, 0.717) is 0 Å². The molecule has 3 aliphatic rings. The number of aryl methyl sites for hydroxylation is 1. The van der Waals surface area contributed by atoms with E-state index in [2.05, 4.69) is 46.3 Å². The first-order valence-electron chi connectivity index (χ1n) is 13.6.